The van der Waals surface area contributed by atoms with Crippen LogP contribution in [-0.2, 0) is 0 Å². The van der Waals surface area contributed by atoms with Gasteiger partial charge in [-0.2, -0.15) is 5.10 Å². The fourth-order valence-corrected chi connectivity index (χ4v) is 3.47. The molecule has 2 aromatic heterocycles. The van der Waals surface area contributed by atoms with Crippen molar-refractivity contribution in [1.29, 1.82) is 0 Å². The van der Waals surface area contributed by atoms with Crippen LogP contribution < -0.4 is 11.2 Å². The zero-order valence-corrected chi connectivity index (χ0v) is 13.1. The van der Waals surface area contributed by atoms with Gasteiger partial charge in [0.25, 0.3) is 5.56 Å². The number of nitrogens with zero attached hydrogens (tertiary/aromatic N) is 2. The fraction of sp³-hybridized carbons (Fsp3) is 0. The lowest BCUT2D eigenvalue weighted by molar-refractivity contribution is 0.483. The Kier molecular flexibility index (Phi) is 3.28. The fourth-order valence-electron chi connectivity index (χ4n) is 2.51. The van der Waals surface area contributed by atoms with Gasteiger partial charge in [-0.1, -0.05) is 24.3 Å². The lowest BCUT2D eigenvalue weighted by atomic mass is 10.2. The zero-order chi connectivity index (χ0) is 16.7. The van der Waals surface area contributed by atoms with Gasteiger partial charge < -0.3 is 10.1 Å². The minimum absolute atomic E-state index is 0.0876. The minimum Gasteiger partial charge on any atom is -0.506 e. The molecule has 2 N–H and O–H groups in total. The first kappa shape index (κ1) is 14.4. The van der Waals surface area contributed by atoms with Gasteiger partial charge in [-0.25, -0.2) is 4.79 Å². The highest BCUT2D eigenvalue weighted by Gasteiger charge is 2.10. The molecule has 4 aromatic rings. The maximum atomic E-state index is 12.4. The summed E-state index contributed by atoms with van der Waals surface area (Å²) >= 11 is 1.33. The Hall–Kier alpha value is -3.19. The van der Waals surface area contributed by atoms with Gasteiger partial charge in [-0.3, -0.25) is 4.79 Å². The molecule has 0 bridgehead atoms. The molecule has 24 heavy (non-hydrogen) atoms. The molecule has 4 rings (SSSR count). The normalized spacial score (nSPS) is 11.7. The van der Waals surface area contributed by atoms with Crippen molar-refractivity contribution < 1.29 is 5.11 Å². The van der Waals surface area contributed by atoms with Crippen LogP contribution in [0.2, 0.25) is 0 Å². The molecule has 0 atom stereocenters. The molecular formula is C17H11N3O3S. The maximum Gasteiger partial charge on any atom is 0.349 e. The topological polar surface area (TPSA) is 87.5 Å². The van der Waals surface area contributed by atoms with Crippen LogP contribution in [0.5, 0.6) is 5.75 Å². The number of hydrogen-bond donors (Lipinski definition) is 2. The third-order valence-electron chi connectivity index (χ3n) is 3.67. The number of fused-ring (bicyclic) bond motifs is 2. The summed E-state index contributed by atoms with van der Waals surface area (Å²) in [5.74, 6) is 0.0876. The van der Waals surface area contributed by atoms with Gasteiger partial charge in [0.2, 0.25) is 0 Å². The number of hydrogen-bond acceptors (Lipinski definition) is 5. The van der Waals surface area contributed by atoms with Crippen LogP contribution >= 0.6 is 11.3 Å². The first-order chi connectivity index (χ1) is 11.6. The second kappa shape index (κ2) is 5.47. The highest BCUT2D eigenvalue weighted by Crippen LogP contribution is 2.35. The number of aromatic amines is 1. The monoisotopic (exact) mass is 337 g/mol. The molecule has 0 radical (unpaired) electrons. The Labute approximate surface area is 138 Å². The Morgan fingerprint density at radius 2 is 1.75 bits per heavy atom. The lowest BCUT2D eigenvalue weighted by Gasteiger charge is -2.00. The van der Waals surface area contributed by atoms with Crippen molar-refractivity contribution >= 4 is 38.5 Å². The third-order valence-corrected chi connectivity index (χ3v) is 4.76. The first-order valence-corrected chi connectivity index (χ1v) is 7.96. The van der Waals surface area contributed by atoms with E-state index < -0.39 is 11.2 Å². The minimum atomic E-state index is -0.629. The molecule has 0 aliphatic carbocycles. The van der Waals surface area contributed by atoms with E-state index in [1.54, 1.807) is 30.3 Å². The SMILES string of the molecule is O=c1[nH]c2ccccc2c(=O)n1N=Cc1sc2ccccc2c1O. The summed E-state index contributed by atoms with van der Waals surface area (Å²) in [5.41, 5.74) is -0.676. The summed E-state index contributed by atoms with van der Waals surface area (Å²) in [7, 11) is 0. The highest BCUT2D eigenvalue weighted by molar-refractivity contribution is 7.21. The average Bonchev–Trinajstić information content (AvgIpc) is 2.91. The van der Waals surface area contributed by atoms with Crippen molar-refractivity contribution in [2.75, 3.05) is 0 Å². The number of benzene rings is 2. The second-order valence-electron chi connectivity index (χ2n) is 5.15. The van der Waals surface area contributed by atoms with Crippen LogP contribution in [-0.4, -0.2) is 21.0 Å². The van der Waals surface area contributed by atoms with E-state index in [4.69, 9.17) is 0 Å². The predicted molar refractivity (Wildman–Crippen MR) is 95.3 cm³/mol. The van der Waals surface area contributed by atoms with Crippen LogP contribution in [0.25, 0.3) is 21.0 Å². The van der Waals surface area contributed by atoms with E-state index in [0.29, 0.717) is 21.2 Å². The van der Waals surface area contributed by atoms with Gasteiger partial charge in [-0.15, -0.1) is 16.0 Å². The molecular weight excluding hydrogens is 326 g/mol. The summed E-state index contributed by atoms with van der Waals surface area (Å²) < 4.78 is 1.66. The highest BCUT2D eigenvalue weighted by atomic mass is 32.1. The molecule has 0 unspecified atom stereocenters. The lowest BCUT2D eigenvalue weighted by Crippen LogP contribution is -2.32. The van der Waals surface area contributed by atoms with Crippen LogP contribution in [0.3, 0.4) is 0 Å². The molecule has 0 aliphatic rings. The molecule has 0 fully saturated rings. The Balaban J connectivity index is 1.87. The van der Waals surface area contributed by atoms with E-state index in [-0.39, 0.29) is 5.75 Å². The standard InChI is InChI=1S/C17H11N3O3S/c21-15-11-6-2-4-8-13(11)24-14(15)9-18-20-16(22)10-5-1-3-7-12(10)19-17(20)23/h1-9,21H,(H,19,23). The maximum absolute atomic E-state index is 12.4. The first-order valence-electron chi connectivity index (χ1n) is 7.14. The molecule has 7 heteroatoms. The van der Waals surface area contributed by atoms with Crippen molar-refractivity contribution in [1.82, 2.24) is 9.66 Å². The van der Waals surface area contributed by atoms with E-state index in [0.717, 1.165) is 9.38 Å². The summed E-state index contributed by atoms with van der Waals surface area (Å²) in [6.45, 7) is 0. The molecule has 118 valence electrons. The van der Waals surface area contributed by atoms with Crippen molar-refractivity contribution in [2.24, 2.45) is 5.10 Å². The van der Waals surface area contributed by atoms with E-state index in [9.17, 15) is 14.7 Å². The molecule has 2 aromatic carbocycles. The summed E-state index contributed by atoms with van der Waals surface area (Å²) in [6.07, 6.45) is 1.32. The van der Waals surface area contributed by atoms with Crippen LogP contribution in [0.15, 0.2) is 63.2 Å². The summed E-state index contributed by atoms with van der Waals surface area (Å²) in [6, 6.07) is 14.1. The van der Waals surface area contributed by atoms with Gasteiger partial charge in [-0.05, 0) is 24.3 Å². The Morgan fingerprint density at radius 1 is 1.04 bits per heavy atom. The van der Waals surface area contributed by atoms with E-state index in [1.165, 1.54) is 17.6 Å². The second-order valence-corrected chi connectivity index (χ2v) is 6.23. The number of nitrogens with one attached hydrogen (secondary N) is 1. The van der Waals surface area contributed by atoms with E-state index >= 15 is 0 Å². The largest absolute Gasteiger partial charge is 0.506 e. The van der Waals surface area contributed by atoms with Crippen molar-refractivity contribution in [2.45, 2.75) is 0 Å². The quantitative estimate of drug-likeness (QED) is 0.551. The van der Waals surface area contributed by atoms with Crippen LogP contribution in [0.1, 0.15) is 4.88 Å². The number of para-hydroxylation sites is 1. The van der Waals surface area contributed by atoms with E-state index in [2.05, 4.69) is 10.1 Å². The Bertz CT molecular complexity index is 1220. The zero-order valence-electron chi connectivity index (χ0n) is 12.3. The summed E-state index contributed by atoms with van der Waals surface area (Å²) in [5, 5.41) is 15.3. The number of H-pyrrole nitrogens is 1. The van der Waals surface area contributed by atoms with Gasteiger partial charge in [0.1, 0.15) is 5.75 Å². The van der Waals surface area contributed by atoms with Gasteiger partial charge in [0, 0.05) is 10.1 Å². The predicted octanol–water partition coefficient (Wildman–Crippen LogP) is 2.49. The molecule has 0 saturated heterocycles. The molecule has 0 saturated carbocycles. The number of rotatable bonds is 2. The smallest absolute Gasteiger partial charge is 0.349 e. The van der Waals surface area contributed by atoms with Crippen LogP contribution in [0.4, 0.5) is 0 Å². The van der Waals surface area contributed by atoms with E-state index in [1.807, 2.05) is 18.2 Å². The molecule has 0 spiro atoms. The van der Waals surface area contributed by atoms with Crippen molar-refractivity contribution in [3.63, 3.8) is 0 Å². The Morgan fingerprint density at radius 3 is 2.54 bits per heavy atom. The molecule has 0 amide bonds. The molecule has 2 heterocycles. The third kappa shape index (κ3) is 2.22. The number of aromatic nitrogens is 2. The van der Waals surface area contributed by atoms with Gasteiger partial charge >= 0.3 is 5.69 Å². The number of aromatic hydroxyl groups is 1. The van der Waals surface area contributed by atoms with Crippen molar-refractivity contribution in [3.05, 3.63) is 74.2 Å². The number of thiophene rings is 1. The molecule has 6 nitrogen and oxygen atoms in total. The van der Waals surface area contributed by atoms with Crippen molar-refractivity contribution in [3.8, 4) is 5.75 Å². The van der Waals surface area contributed by atoms with Crippen LogP contribution in [0, 0.1) is 0 Å². The molecule has 0 aliphatic heterocycles. The average molecular weight is 337 g/mol. The summed E-state index contributed by atoms with van der Waals surface area (Å²) in [4.78, 5) is 27.6. The van der Waals surface area contributed by atoms with Gasteiger partial charge in [0.05, 0.1) is 22.0 Å². The van der Waals surface area contributed by atoms with Gasteiger partial charge in [0.15, 0.2) is 0 Å².